The maximum atomic E-state index is 12.9. The highest BCUT2D eigenvalue weighted by Crippen LogP contribution is 2.17. The number of nitrogens with one attached hydrogen (secondary N) is 3. The van der Waals surface area contributed by atoms with Crippen molar-refractivity contribution in [2.75, 3.05) is 0 Å². The highest BCUT2D eigenvalue weighted by Gasteiger charge is 2.29. The average molecular weight is 430 g/mol. The lowest BCUT2D eigenvalue weighted by Crippen LogP contribution is -2.54. The predicted molar refractivity (Wildman–Crippen MR) is 122 cm³/mol. The monoisotopic (exact) mass is 429 g/mol. The molecule has 0 fully saturated rings. The fourth-order valence-corrected chi connectivity index (χ4v) is 3.75. The summed E-state index contributed by atoms with van der Waals surface area (Å²) < 4.78 is 0. The molecule has 1 aliphatic heterocycles. The van der Waals surface area contributed by atoms with E-state index in [4.69, 9.17) is 0 Å². The molecule has 0 aromatic heterocycles. The Kier molecular flexibility index (Phi) is 8.88. The van der Waals surface area contributed by atoms with Crippen LogP contribution < -0.4 is 16.0 Å². The van der Waals surface area contributed by atoms with Crippen molar-refractivity contribution in [2.45, 2.75) is 58.3 Å². The van der Waals surface area contributed by atoms with Crippen molar-refractivity contribution in [3.05, 3.63) is 71.3 Å². The molecule has 2 aromatic rings. The molecular weight excluding hydrogens is 398 g/mol. The zero-order chi connectivity index (χ0) is 20.8. The largest absolute Gasteiger partial charge is 0.348 e. The molecule has 0 bridgehead atoms. The zero-order valence-electron chi connectivity index (χ0n) is 17.9. The van der Waals surface area contributed by atoms with Crippen molar-refractivity contribution in [1.29, 1.82) is 0 Å². The first kappa shape index (κ1) is 23.9. The number of rotatable bonds is 7. The van der Waals surface area contributed by atoms with Gasteiger partial charge in [-0.25, -0.2) is 0 Å². The fraction of sp³-hybridized carbons (Fsp3) is 0.417. The van der Waals surface area contributed by atoms with Gasteiger partial charge in [-0.05, 0) is 42.4 Å². The van der Waals surface area contributed by atoms with E-state index in [0.717, 1.165) is 5.56 Å². The molecule has 30 heavy (non-hydrogen) atoms. The van der Waals surface area contributed by atoms with Gasteiger partial charge in [0.2, 0.25) is 11.8 Å². The summed E-state index contributed by atoms with van der Waals surface area (Å²) in [4.78, 5) is 25.8. The molecule has 5 nitrogen and oxygen atoms in total. The molecule has 0 saturated heterocycles. The first-order chi connectivity index (χ1) is 13.9. The Hall–Kier alpha value is -2.37. The van der Waals surface area contributed by atoms with Crippen LogP contribution >= 0.6 is 12.4 Å². The Morgan fingerprint density at radius 1 is 0.967 bits per heavy atom. The molecule has 1 aliphatic rings. The first-order valence-corrected chi connectivity index (χ1v) is 10.4. The molecule has 2 amide bonds. The van der Waals surface area contributed by atoms with Crippen molar-refractivity contribution in [1.82, 2.24) is 16.0 Å². The lowest BCUT2D eigenvalue weighted by atomic mass is 9.95. The first-order valence-electron chi connectivity index (χ1n) is 10.4. The lowest BCUT2D eigenvalue weighted by Gasteiger charge is -2.28. The van der Waals surface area contributed by atoms with Gasteiger partial charge in [0.1, 0.15) is 6.04 Å². The van der Waals surface area contributed by atoms with E-state index in [1.807, 2.05) is 49.4 Å². The second kappa shape index (κ2) is 11.1. The summed E-state index contributed by atoms with van der Waals surface area (Å²) in [5.74, 6) is 0.0328. The highest BCUT2D eigenvalue weighted by atomic mass is 35.5. The molecule has 3 atom stereocenters. The van der Waals surface area contributed by atoms with Crippen molar-refractivity contribution >= 4 is 24.2 Å². The molecule has 0 saturated carbocycles. The minimum Gasteiger partial charge on any atom is -0.348 e. The number of benzene rings is 2. The van der Waals surface area contributed by atoms with E-state index in [1.54, 1.807) is 0 Å². The molecule has 0 aliphatic carbocycles. The molecular formula is C24H32ClN3O2. The number of amides is 2. The minimum atomic E-state index is -0.548. The van der Waals surface area contributed by atoms with Gasteiger partial charge < -0.3 is 16.0 Å². The standard InChI is InChI=1S/C24H31N3O2.ClH/c1-16(2)13-22(24(29)26-17(3)18-9-5-4-6-10-18)27-23(28)21-14-19-11-7-8-12-20(19)15-25-21;/h4-12,16-17,21-22,25H,13-15H2,1-3H3,(H,26,29)(H,27,28);1H/t17?,21-,22+;/m0./s1. The number of carbonyl (C=O) groups is 2. The number of halogens is 1. The normalized spacial score (nSPS) is 17.3. The van der Waals surface area contributed by atoms with E-state index in [-0.39, 0.29) is 42.2 Å². The second-order valence-electron chi connectivity index (χ2n) is 8.24. The van der Waals surface area contributed by atoms with Gasteiger partial charge in [-0.3, -0.25) is 9.59 Å². The van der Waals surface area contributed by atoms with Crippen LogP contribution in [0.5, 0.6) is 0 Å². The lowest BCUT2D eigenvalue weighted by molar-refractivity contribution is -0.130. The summed E-state index contributed by atoms with van der Waals surface area (Å²) in [6.07, 6.45) is 1.24. The second-order valence-corrected chi connectivity index (χ2v) is 8.24. The topological polar surface area (TPSA) is 70.2 Å². The molecule has 3 rings (SSSR count). The van der Waals surface area contributed by atoms with Crippen LogP contribution in [0.2, 0.25) is 0 Å². The van der Waals surface area contributed by atoms with Crippen LogP contribution in [0.4, 0.5) is 0 Å². The molecule has 1 heterocycles. The zero-order valence-corrected chi connectivity index (χ0v) is 18.7. The predicted octanol–water partition coefficient (Wildman–Crippen LogP) is 3.53. The van der Waals surface area contributed by atoms with E-state index in [2.05, 4.69) is 41.9 Å². The van der Waals surface area contributed by atoms with Crippen LogP contribution in [0.1, 0.15) is 49.9 Å². The Labute approximate surface area is 185 Å². The SMILES string of the molecule is CC(C)C[C@@H](NC(=O)[C@@H]1Cc2ccccc2CN1)C(=O)NC(C)c1ccccc1.Cl. The van der Waals surface area contributed by atoms with Crippen molar-refractivity contribution < 1.29 is 9.59 Å². The van der Waals surface area contributed by atoms with Gasteiger partial charge in [0.25, 0.3) is 0 Å². The van der Waals surface area contributed by atoms with E-state index >= 15 is 0 Å². The van der Waals surface area contributed by atoms with Gasteiger partial charge >= 0.3 is 0 Å². The number of hydrogen-bond donors (Lipinski definition) is 3. The van der Waals surface area contributed by atoms with E-state index < -0.39 is 6.04 Å². The molecule has 3 N–H and O–H groups in total. The Morgan fingerprint density at radius 3 is 2.27 bits per heavy atom. The Balaban J connectivity index is 0.00000320. The molecule has 2 aromatic carbocycles. The van der Waals surface area contributed by atoms with Gasteiger partial charge in [-0.2, -0.15) is 0 Å². The van der Waals surface area contributed by atoms with E-state index in [0.29, 0.717) is 19.4 Å². The van der Waals surface area contributed by atoms with Crippen LogP contribution in [0.3, 0.4) is 0 Å². The molecule has 0 spiro atoms. The van der Waals surface area contributed by atoms with E-state index in [9.17, 15) is 9.59 Å². The summed E-state index contributed by atoms with van der Waals surface area (Å²) in [5.41, 5.74) is 3.46. The number of hydrogen-bond acceptors (Lipinski definition) is 3. The van der Waals surface area contributed by atoms with Gasteiger partial charge in [-0.15, -0.1) is 12.4 Å². The molecule has 162 valence electrons. The number of fused-ring (bicyclic) bond motifs is 1. The van der Waals surface area contributed by atoms with Gasteiger partial charge in [0.05, 0.1) is 12.1 Å². The molecule has 6 heteroatoms. The van der Waals surface area contributed by atoms with Crippen LogP contribution in [-0.4, -0.2) is 23.9 Å². The van der Waals surface area contributed by atoms with Crippen molar-refractivity contribution in [3.8, 4) is 0 Å². The summed E-state index contributed by atoms with van der Waals surface area (Å²) in [6.45, 7) is 6.74. The summed E-state index contributed by atoms with van der Waals surface area (Å²) >= 11 is 0. The Morgan fingerprint density at radius 2 is 1.60 bits per heavy atom. The average Bonchev–Trinajstić information content (AvgIpc) is 2.73. The van der Waals surface area contributed by atoms with Gasteiger partial charge in [0, 0.05) is 6.54 Å². The smallest absolute Gasteiger partial charge is 0.243 e. The maximum Gasteiger partial charge on any atom is 0.243 e. The Bertz CT molecular complexity index is 841. The van der Waals surface area contributed by atoms with Crippen LogP contribution in [0, 0.1) is 5.92 Å². The maximum absolute atomic E-state index is 12.9. The highest BCUT2D eigenvalue weighted by molar-refractivity contribution is 5.90. The van der Waals surface area contributed by atoms with Crippen molar-refractivity contribution in [3.63, 3.8) is 0 Å². The third kappa shape index (κ3) is 6.31. The van der Waals surface area contributed by atoms with E-state index in [1.165, 1.54) is 11.1 Å². The molecule has 1 unspecified atom stereocenters. The van der Waals surface area contributed by atoms with Gasteiger partial charge in [-0.1, -0.05) is 68.4 Å². The third-order valence-electron chi connectivity index (χ3n) is 5.40. The van der Waals surface area contributed by atoms with Crippen LogP contribution in [-0.2, 0) is 22.6 Å². The molecule has 0 radical (unpaired) electrons. The quantitative estimate of drug-likeness (QED) is 0.630. The van der Waals surface area contributed by atoms with Crippen LogP contribution in [0.25, 0.3) is 0 Å². The van der Waals surface area contributed by atoms with Crippen LogP contribution in [0.15, 0.2) is 54.6 Å². The minimum absolute atomic E-state index is 0. The third-order valence-corrected chi connectivity index (χ3v) is 5.40. The summed E-state index contributed by atoms with van der Waals surface area (Å²) in [5, 5.41) is 9.34. The summed E-state index contributed by atoms with van der Waals surface area (Å²) in [6, 6.07) is 17.0. The summed E-state index contributed by atoms with van der Waals surface area (Å²) in [7, 11) is 0. The number of carbonyl (C=O) groups excluding carboxylic acids is 2. The fourth-order valence-electron chi connectivity index (χ4n) is 3.75. The van der Waals surface area contributed by atoms with Crippen molar-refractivity contribution in [2.24, 2.45) is 5.92 Å². The van der Waals surface area contributed by atoms with Gasteiger partial charge in [0.15, 0.2) is 0 Å².